The van der Waals surface area contributed by atoms with Gasteiger partial charge in [0.15, 0.2) is 0 Å². The number of nitrogens with one attached hydrogen (secondary N) is 2. The first kappa shape index (κ1) is 19.7. The molecule has 1 aromatic carbocycles. The van der Waals surface area contributed by atoms with Crippen LogP contribution in [0.5, 0.6) is 0 Å². The van der Waals surface area contributed by atoms with Crippen LogP contribution in [0.1, 0.15) is 50.7 Å². The highest BCUT2D eigenvalue weighted by atomic mass is 79.9. The second-order valence-corrected chi connectivity index (χ2v) is 6.19. The van der Waals surface area contributed by atoms with Crippen LogP contribution in [0, 0.1) is 6.92 Å². The van der Waals surface area contributed by atoms with E-state index < -0.39 is 17.8 Å². The number of rotatable bonds is 6. The molecular formula is C18H19BrN2O5. The zero-order chi connectivity index (χ0) is 19.3. The largest absolute Gasteiger partial charge is 0.462 e. The molecule has 2 N–H and O–H groups in total. The normalized spacial score (nSPS) is 10.3. The lowest BCUT2D eigenvalue weighted by Gasteiger charge is -2.07. The highest BCUT2D eigenvalue weighted by molar-refractivity contribution is 9.10. The van der Waals surface area contributed by atoms with Gasteiger partial charge in [0.05, 0.1) is 18.8 Å². The van der Waals surface area contributed by atoms with Crippen LogP contribution in [0.3, 0.4) is 0 Å². The van der Waals surface area contributed by atoms with E-state index >= 15 is 0 Å². The number of aromatic nitrogens is 1. The molecule has 7 nitrogen and oxygen atoms in total. The average molecular weight is 423 g/mol. The number of carbonyl (C=O) groups excluding carboxylic acids is 3. The van der Waals surface area contributed by atoms with Crippen molar-refractivity contribution in [2.75, 3.05) is 18.5 Å². The molecule has 138 valence electrons. The Morgan fingerprint density at radius 3 is 2.15 bits per heavy atom. The molecule has 1 aromatic heterocycles. The molecule has 0 fully saturated rings. The first-order chi connectivity index (χ1) is 12.4. The summed E-state index contributed by atoms with van der Waals surface area (Å²) in [6.45, 7) is 5.21. The average Bonchev–Trinajstić information content (AvgIpc) is 2.95. The molecule has 26 heavy (non-hydrogen) atoms. The van der Waals surface area contributed by atoms with Gasteiger partial charge >= 0.3 is 11.9 Å². The summed E-state index contributed by atoms with van der Waals surface area (Å²) >= 11 is 3.32. The van der Waals surface area contributed by atoms with Gasteiger partial charge in [-0.15, -0.1) is 0 Å². The number of carbonyl (C=O) groups is 3. The molecule has 0 spiro atoms. The Hall–Kier alpha value is -2.61. The molecule has 0 radical (unpaired) electrons. The van der Waals surface area contributed by atoms with Gasteiger partial charge in [0.1, 0.15) is 11.4 Å². The second-order valence-electron chi connectivity index (χ2n) is 5.28. The summed E-state index contributed by atoms with van der Waals surface area (Å²) in [4.78, 5) is 39.8. The van der Waals surface area contributed by atoms with Gasteiger partial charge in [-0.3, -0.25) is 4.79 Å². The predicted molar refractivity (Wildman–Crippen MR) is 99.5 cm³/mol. The molecule has 1 heterocycles. The Kier molecular flexibility index (Phi) is 6.57. The van der Waals surface area contributed by atoms with Crippen molar-refractivity contribution in [1.29, 1.82) is 0 Å². The van der Waals surface area contributed by atoms with Crippen LogP contribution in [0.15, 0.2) is 28.7 Å². The van der Waals surface area contributed by atoms with Crippen molar-refractivity contribution >= 4 is 39.5 Å². The molecule has 1 amide bonds. The van der Waals surface area contributed by atoms with Crippen LogP contribution in [0.4, 0.5) is 5.69 Å². The fourth-order valence-electron chi connectivity index (χ4n) is 2.36. The number of aromatic amines is 1. The van der Waals surface area contributed by atoms with E-state index in [-0.39, 0.29) is 30.2 Å². The van der Waals surface area contributed by atoms with E-state index in [0.717, 1.165) is 4.47 Å². The van der Waals surface area contributed by atoms with Gasteiger partial charge in [-0.05, 0) is 50.6 Å². The fourth-order valence-corrected chi connectivity index (χ4v) is 2.62. The summed E-state index contributed by atoms with van der Waals surface area (Å²) in [5.74, 6) is -1.88. The van der Waals surface area contributed by atoms with Crippen molar-refractivity contribution in [2.24, 2.45) is 0 Å². The van der Waals surface area contributed by atoms with Crippen molar-refractivity contribution in [2.45, 2.75) is 20.8 Å². The van der Waals surface area contributed by atoms with Crippen LogP contribution in [-0.2, 0) is 9.47 Å². The van der Waals surface area contributed by atoms with Crippen LogP contribution < -0.4 is 5.32 Å². The smallest absolute Gasteiger partial charge is 0.355 e. The van der Waals surface area contributed by atoms with Crippen LogP contribution in [0.2, 0.25) is 0 Å². The van der Waals surface area contributed by atoms with E-state index in [2.05, 4.69) is 26.2 Å². The van der Waals surface area contributed by atoms with E-state index in [1.54, 1.807) is 45.0 Å². The maximum Gasteiger partial charge on any atom is 0.355 e. The molecule has 8 heteroatoms. The van der Waals surface area contributed by atoms with E-state index in [1.165, 1.54) is 0 Å². The van der Waals surface area contributed by atoms with E-state index in [9.17, 15) is 14.4 Å². The number of hydrogen-bond donors (Lipinski definition) is 2. The number of halogens is 1. The lowest BCUT2D eigenvalue weighted by Crippen LogP contribution is -2.17. The Morgan fingerprint density at radius 2 is 1.58 bits per heavy atom. The molecule has 0 atom stereocenters. The zero-order valence-electron chi connectivity index (χ0n) is 14.6. The van der Waals surface area contributed by atoms with E-state index in [4.69, 9.17) is 9.47 Å². The Morgan fingerprint density at radius 1 is 1.00 bits per heavy atom. The zero-order valence-corrected chi connectivity index (χ0v) is 16.2. The summed E-state index contributed by atoms with van der Waals surface area (Å²) in [5, 5.41) is 2.68. The number of ether oxygens (including phenoxy) is 2. The lowest BCUT2D eigenvalue weighted by atomic mass is 10.1. The topological polar surface area (TPSA) is 97.5 Å². The Labute approximate surface area is 159 Å². The van der Waals surface area contributed by atoms with Crippen molar-refractivity contribution < 1.29 is 23.9 Å². The number of hydrogen-bond acceptors (Lipinski definition) is 5. The highest BCUT2D eigenvalue weighted by Gasteiger charge is 2.29. The quantitative estimate of drug-likeness (QED) is 0.691. The van der Waals surface area contributed by atoms with Crippen molar-refractivity contribution in [1.82, 2.24) is 4.98 Å². The van der Waals surface area contributed by atoms with Crippen LogP contribution >= 0.6 is 15.9 Å². The third-order valence-electron chi connectivity index (χ3n) is 3.54. The third-order valence-corrected chi connectivity index (χ3v) is 4.07. The van der Waals surface area contributed by atoms with Crippen LogP contribution in [-0.4, -0.2) is 36.0 Å². The summed E-state index contributed by atoms with van der Waals surface area (Å²) in [6, 6.07) is 6.94. The lowest BCUT2D eigenvalue weighted by molar-refractivity contribution is 0.0517. The number of anilines is 1. The molecule has 0 aliphatic rings. The molecule has 2 rings (SSSR count). The van der Waals surface area contributed by atoms with Gasteiger partial charge < -0.3 is 19.8 Å². The monoisotopic (exact) mass is 422 g/mol. The molecule has 0 saturated carbocycles. The molecule has 0 bridgehead atoms. The van der Waals surface area contributed by atoms with Gasteiger partial charge in [0.2, 0.25) is 0 Å². The van der Waals surface area contributed by atoms with E-state index in [0.29, 0.717) is 11.3 Å². The summed E-state index contributed by atoms with van der Waals surface area (Å²) in [7, 11) is 0. The highest BCUT2D eigenvalue weighted by Crippen LogP contribution is 2.22. The molecule has 0 saturated heterocycles. The Balaban J connectivity index is 2.42. The van der Waals surface area contributed by atoms with Crippen molar-refractivity contribution in [3.63, 3.8) is 0 Å². The summed E-state index contributed by atoms with van der Waals surface area (Å²) < 4.78 is 10.9. The minimum Gasteiger partial charge on any atom is -0.462 e. The predicted octanol–water partition coefficient (Wildman–Crippen LogP) is 3.69. The van der Waals surface area contributed by atoms with Gasteiger partial charge in [-0.25, -0.2) is 9.59 Å². The summed E-state index contributed by atoms with van der Waals surface area (Å²) in [6.07, 6.45) is 0. The SMILES string of the molecule is CCOC(=O)c1[nH]c(C(=O)Nc2ccc(Br)cc2)c(C(=O)OCC)c1C. The second kappa shape index (κ2) is 8.66. The number of amides is 1. The molecular weight excluding hydrogens is 404 g/mol. The number of benzene rings is 1. The fraction of sp³-hybridized carbons (Fsp3) is 0.278. The van der Waals surface area contributed by atoms with Gasteiger partial charge in [-0.1, -0.05) is 15.9 Å². The molecule has 0 aliphatic heterocycles. The first-order valence-electron chi connectivity index (χ1n) is 8.02. The maximum atomic E-state index is 12.7. The minimum atomic E-state index is -0.683. The third kappa shape index (κ3) is 4.32. The van der Waals surface area contributed by atoms with Crippen LogP contribution in [0.25, 0.3) is 0 Å². The number of esters is 2. The molecule has 2 aromatic rings. The van der Waals surface area contributed by atoms with Gasteiger partial charge in [-0.2, -0.15) is 0 Å². The maximum absolute atomic E-state index is 12.7. The molecule has 0 unspecified atom stereocenters. The minimum absolute atomic E-state index is 0.0181. The van der Waals surface area contributed by atoms with Gasteiger partial charge in [0, 0.05) is 10.2 Å². The standard InChI is InChI=1S/C18H19BrN2O5/c1-4-25-17(23)13-10(3)14(18(24)26-5-2)21-15(13)16(22)20-12-8-6-11(19)7-9-12/h6-9,21H,4-5H2,1-3H3,(H,20,22). The Bertz CT molecular complexity index is 827. The van der Waals surface area contributed by atoms with Crippen molar-refractivity contribution in [3.05, 3.63) is 51.3 Å². The first-order valence-corrected chi connectivity index (χ1v) is 8.82. The van der Waals surface area contributed by atoms with E-state index in [1.807, 2.05) is 0 Å². The molecule has 0 aliphatic carbocycles. The number of H-pyrrole nitrogens is 1. The summed E-state index contributed by atoms with van der Waals surface area (Å²) in [5.41, 5.74) is 0.869. The van der Waals surface area contributed by atoms with Crippen molar-refractivity contribution in [3.8, 4) is 0 Å². The van der Waals surface area contributed by atoms with Gasteiger partial charge in [0.25, 0.3) is 5.91 Å².